The van der Waals surface area contributed by atoms with Crippen LogP contribution in [0.1, 0.15) is 27.0 Å². The number of carbonyl (C=O) groups is 1. The zero-order valence-corrected chi connectivity index (χ0v) is 14.1. The highest BCUT2D eigenvalue weighted by Crippen LogP contribution is 2.17. The molecule has 0 spiro atoms. The van der Waals surface area contributed by atoms with Crippen LogP contribution >= 0.6 is 0 Å². The Hall–Kier alpha value is -3.58. The molecule has 0 saturated heterocycles. The van der Waals surface area contributed by atoms with E-state index >= 15 is 0 Å². The summed E-state index contributed by atoms with van der Waals surface area (Å²) in [6, 6.07) is 25.8. The monoisotopic (exact) mass is 343 g/mol. The van der Waals surface area contributed by atoms with Crippen LogP contribution in [-0.4, -0.2) is 5.97 Å². The Morgan fingerprint density at radius 2 is 1.46 bits per heavy atom. The van der Waals surface area contributed by atoms with Gasteiger partial charge < -0.3 is 9.47 Å². The summed E-state index contributed by atoms with van der Waals surface area (Å²) in [5, 5.41) is 9.12. The first-order valence-electron chi connectivity index (χ1n) is 8.19. The summed E-state index contributed by atoms with van der Waals surface area (Å²) in [5.41, 5.74) is 2.38. The topological polar surface area (TPSA) is 59.3 Å². The minimum atomic E-state index is -0.440. The average molecular weight is 343 g/mol. The molecule has 0 atom stereocenters. The van der Waals surface area contributed by atoms with Crippen molar-refractivity contribution in [1.82, 2.24) is 0 Å². The number of ether oxygens (including phenoxy) is 2. The maximum atomic E-state index is 12.5. The van der Waals surface area contributed by atoms with E-state index < -0.39 is 5.97 Å². The van der Waals surface area contributed by atoms with Crippen molar-refractivity contribution >= 4 is 5.97 Å². The fourth-order valence-electron chi connectivity index (χ4n) is 2.50. The third-order valence-electron chi connectivity index (χ3n) is 3.87. The summed E-state index contributed by atoms with van der Waals surface area (Å²) >= 11 is 0. The van der Waals surface area contributed by atoms with Gasteiger partial charge in [-0.2, -0.15) is 5.26 Å². The molecule has 4 heteroatoms. The Labute approximate surface area is 152 Å². The van der Waals surface area contributed by atoms with Crippen LogP contribution in [-0.2, 0) is 18.0 Å². The van der Waals surface area contributed by atoms with Crippen LogP contribution < -0.4 is 4.74 Å². The summed E-state index contributed by atoms with van der Waals surface area (Å²) in [7, 11) is 0. The molecule has 0 bridgehead atoms. The maximum Gasteiger partial charge on any atom is 0.338 e. The molecule has 26 heavy (non-hydrogen) atoms. The highest BCUT2D eigenvalue weighted by molar-refractivity contribution is 5.91. The van der Waals surface area contributed by atoms with E-state index in [1.165, 1.54) is 0 Å². The molecular weight excluding hydrogens is 326 g/mol. The molecule has 0 saturated carbocycles. The molecule has 0 aliphatic heterocycles. The molecule has 0 fully saturated rings. The summed E-state index contributed by atoms with van der Waals surface area (Å²) in [6.45, 7) is 0.320. The lowest BCUT2D eigenvalue weighted by Gasteiger charge is -2.11. The van der Waals surface area contributed by atoms with Crippen LogP contribution in [0.5, 0.6) is 5.75 Å². The van der Waals surface area contributed by atoms with Gasteiger partial charge in [0.1, 0.15) is 19.0 Å². The van der Waals surface area contributed by atoms with Crippen LogP contribution in [0.2, 0.25) is 0 Å². The molecule has 0 aliphatic rings. The second-order valence-electron chi connectivity index (χ2n) is 5.60. The number of nitriles is 1. The van der Waals surface area contributed by atoms with Gasteiger partial charge in [0.15, 0.2) is 0 Å². The number of para-hydroxylation sites is 1. The van der Waals surface area contributed by atoms with E-state index in [0.29, 0.717) is 16.7 Å². The minimum absolute atomic E-state index is 0.0520. The molecule has 0 unspecified atom stereocenters. The molecule has 0 heterocycles. The Morgan fingerprint density at radius 3 is 2.23 bits per heavy atom. The summed E-state index contributed by atoms with van der Waals surface area (Å²) in [4.78, 5) is 12.5. The Morgan fingerprint density at radius 1 is 0.808 bits per heavy atom. The number of hydrogen-bond donors (Lipinski definition) is 0. The fraction of sp³-hybridized carbons (Fsp3) is 0.0909. The van der Waals surface area contributed by atoms with Crippen LogP contribution in [0, 0.1) is 11.3 Å². The highest BCUT2D eigenvalue weighted by Gasteiger charge is 2.14. The molecular formula is C22H17NO3. The molecule has 3 aromatic rings. The number of nitrogens with zero attached hydrogens (tertiary/aromatic N) is 1. The first kappa shape index (κ1) is 17.2. The molecule has 0 aliphatic carbocycles. The summed E-state index contributed by atoms with van der Waals surface area (Å²) < 4.78 is 11.1. The van der Waals surface area contributed by atoms with Crippen LogP contribution in [0.3, 0.4) is 0 Å². The van der Waals surface area contributed by atoms with Gasteiger partial charge in [0.25, 0.3) is 0 Å². The molecule has 128 valence electrons. The third kappa shape index (κ3) is 4.28. The Bertz CT molecular complexity index is 929. The van der Waals surface area contributed by atoms with E-state index in [-0.39, 0.29) is 13.2 Å². The molecule has 0 radical (unpaired) electrons. The van der Waals surface area contributed by atoms with E-state index in [9.17, 15) is 4.79 Å². The zero-order valence-electron chi connectivity index (χ0n) is 14.1. The minimum Gasteiger partial charge on any atom is -0.489 e. The number of hydrogen-bond acceptors (Lipinski definition) is 4. The lowest BCUT2D eigenvalue weighted by atomic mass is 10.1. The van der Waals surface area contributed by atoms with Gasteiger partial charge in [0.2, 0.25) is 0 Å². The predicted molar refractivity (Wildman–Crippen MR) is 97.5 cm³/mol. The smallest absolute Gasteiger partial charge is 0.338 e. The van der Waals surface area contributed by atoms with Crippen molar-refractivity contribution in [3.63, 3.8) is 0 Å². The standard InChI is InChI=1S/C22H17NO3/c23-14-17-8-4-5-9-18(17)15-26-22(24)21-13-7-6-10-19(21)16-25-20-11-2-1-3-12-20/h1-13H,15-16H2. The first-order chi connectivity index (χ1) is 12.8. The van der Waals surface area contributed by atoms with Crippen molar-refractivity contribution in [2.75, 3.05) is 0 Å². The zero-order chi connectivity index (χ0) is 18.2. The number of benzene rings is 3. The Balaban J connectivity index is 1.69. The van der Waals surface area contributed by atoms with Crippen molar-refractivity contribution in [3.8, 4) is 11.8 Å². The molecule has 3 aromatic carbocycles. The van der Waals surface area contributed by atoms with Crippen molar-refractivity contribution in [2.24, 2.45) is 0 Å². The first-order valence-corrected chi connectivity index (χ1v) is 8.19. The number of esters is 1. The maximum absolute atomic E-state index is 12.5. The number of rotatable bonds is 6. The molecule has 0 N–H and O–H groups in total. The molecule has 4 nitrogen and oxygen atoms in total. The lowest BCUT2D eigenvalue weighted by Crippen LogP contribution is -2.10. The summed E-state index contributed by atoms with van der Waals surface area (Å²) in [5.74, 6) is 0.295. The summed E-state index contributed by atoms with van der Waals surface area (Å²) in [6.07, 6.45) is 0. The lowest BCUT2D eigenvalue weighted by molar-refractivity contribution is 0.0469. The normalized spacial score (nSPS) is 9.96. The Kier molecular flexibility index (Phi) is 5.64. The van der Waals surface area contributed by atoms with Gasteiger partial charge in [-0.15, -0.1) is 0 Å². The molecule has 0 amide bonds. The van der Waals surface area contributed by atoms with E-state index in [0.717, 1.165) is 11.3 Å². The van der Waals surface area contributed by atoms with E-state index in [1.54, 1.807) is 30.3 Å². The highest BCUT2D eigenvalue weighted by atomic mass is 16.5. The van der Waals surface area contributed by atoms with Gasteiger partial charge in [-0.3, -0.25) is 0 Å². The van der Waals surface area contributed by atoms with Gasteiger partial charge in [-0.1, -0.05) is 54.6 Å². The second-order valence-corrected chi connectivity index (χ2v) is 5.60. The fourth-order valence-corrected chi connectivity index (χ4v) is 2.50. The quantitative estimate of drug-likeness (QED) is 0.619. The average Bonchev–Trinajstić information content (AvgIpc) is 2.71. The van der Waals surface area contributed by atoms with Crippen molar-refractivity contribution in [3.05, 3.63) is 101 Å². The predicted octanol–water partition coefficient (Wildman–Crippen LogP) is 4.49. The van der Waals surface area contributed by atoms with Gasteiger partial charge >= 0.3 is 5.97 Å². The van der Waals surface area contributed by atoms with Gasteiger partial charge in [0.05, 0.1) is 17.2 Å². The van der Waals surface area contributed by atoms with Crippen molar-refractivity contribution in [1.29, 1.82) is 5.26 Å². The van der Waals surface area contributed by atoms with Crippen molar-refractivity contribution in [2.45, 2.75) is 13.2 Å². The van der Waals surface area contributed by atoms with Crippen LogP contribution in [0.4, 0.5) is 0 Å². The second kappa shape index (κ2) is 8.50. The largest absolute Gasteiger partial charge is 0.489 e. The molecule has 3 rings (SSSR count). The van der Waals surface area contributed by atoms with Crippen LogP contribution in [0.15, 0.2) is 78.9 Å². The van der Waals surface area contributed by atoms with E-state index in [1.807, 2.05) is 48.5 Å². The van der Waals surface area contributed by atoms with Crippen molar-refractivity contribution < 1.29 is 14.3 Å². The third-order valence-corrected chi connectivity index (χ3v) is 3.87. The van der Waals surface area contributed by atoms with Gasteiger partial charge in [-0.05, 0) is 24.3 Å². The SMILES string of the molecule is N#Cc1ccccc1COC(=O)c1ccccc1COc1ccccc1. The number of carbonyl (C=O) groups excluding carboxylic acids is 1. The molecule has 0 aromatic heterocycles. The van der Waals surface area contributed by atoms with Crippen LogP contribution in [0.25, 0.3) is 0 Å². The van der Waals surface area contributed by atoms with Gasteiger partial charge in [0, 0.05) is 11.1 Å². The van der Waals surface area contributed by atoms with Gasteiger partial charge in [-0.25, -0.2) is 4.79 Å². The van der Waals surface area contributed by atoms with E-state index in [4.69, 9.17) is 14.7 Å². The van der Waals surface area contributed by atoms with E-state index in [2.05, 4.69) is 6.07 Å².